The van der Waals surface area contributed by atoms with Crippen LogP contribution in [0.1, 0.15) is 33.6 Å². The second-order valence-electron chi connectivity index (χ2n) is 5.10. The van der Waals surface area contributed by atoms with E-state index in [2.05, 4.69) is 5.32 Å². The first-order chi connectivity index (χ1) is 9.61. The molecule has 1 saturated heterocycles. The lowest BCUT2D eigenvalue weighted by atomic mass is 9.98. The summed E-state index contributed by atoms with van der Waals surface area (Å²) in [6.45, 7) is 1.36. The van der Waals surface area contributed by atoms with Crippen molar-refractivity contribution in [2.75, 3.05) is 18.8 Å². The van der Waals surface area contributed by atoms with Gasteiger partial charge < -0.3 is 11.1 Å². The number of hydrogen-bond donors (Lipinski definition) is 2. The Balaban J connectivity index is 1.93. The van der Waals surface area contributed by atoms with Crippen molar-refractivity contribution in [2.45, 2.75) is 12.8 Å². The molecular weight excluding hydrogens is 258 g/mol. The van der Waals surface area contributed by atoms with Gasteiger partial charge in [0.15, 0.2) is 0 Å². The molecular formula is C14H15N3O3. The monoisotopic (exact) mass is 273 g/mol. The SMILES string of the molecule is Nc1cccc2c1C(=O)N(C(=O)C1CCCNC1)C2=O. The Kier molecular flexibility index (Phi) is 3.02. The summed E-state index contributed by atoms with van der Waals surface area (Å²) in [5.74, 6) is -1.92. The number of nitrogens with zero attached hydrogens (tertiary/aromatic N) is 1. The maximum Gasteiger partial charge on any atom is 0.270 e. The zero-order valence-corrected chi connectivity index (χ0v) is 10.9. The molecule has 1 aromatic carbocycles. The lowest BCUT2D eigenvalue weighted by Gasteiger charge is -2.24. The predicted molar refractivity (Wildman–Crippen MR) is 72.0 cm³/mol. The lowest BCUT2D eigenvalue weighted by molar-refractivity contribution is -0.130. The molecule has 0 aromatic heterocycles. The van der Waals surface area contributed by atoms with E-state index in [0.717, 1.165) is 17.9 Å². The van der Waals surface area contributed by atoms with Crippen LogP contribution < -0.4 is 11.1 Å². The van der Waals surface area contributed by atoms with Gasteiger partial charge in [0.05, 0.1) is 17.0 Å². The van der Waals surface area contributed by atoms with E-state index < -0.39 is 17.7 Å². The number of piperidine rings is 1. The molecule has 0 saturated carbocycles. The number of nitrogens with one attached hydrogen (secondary N) is 1. The Morgan fingerprint density at radius 3 is 2.75 bits per heavy atom. The highest BCUT2D eigenvalue weighted by atomic mass is 16.2. The van der Waals surface area contributed by atoms with E-state index in [1.807, 2.05) is 0 Å². The van der Waals surface area contributed by atoms with Gasteiger partial charge in [-0.2, -0.15) is 0 Å². The average molecular weight is 273 g/mol. The molecule has 0 bridgehead atoms. The van der Waals surface area contributed by atoms with Crippen LogP contribution in [0.15, 0.2) is 18.2 Å². The van der Waals surface area contributed by atoms with Gasteiger partial charge in [-0.05, 0) is 31.5 Å². The Morgan fingerprint density at radius 2 is 2.10 bits per heavy atom. The molecule has 0 aliphatic carbocycles. The van der Waals surface area contributed by atoms with E-state index in [9.17, 15) is 14.4 Å². The quantitative estimate of drug-likeness (QED) is 0.570. The molecule has 3 amide bonds. The zero-order chi connectivity index (χ0) is 14.3. The first-order valence-corrected chi connectivity index (χ1v) is 6.63. The summed E-state index contributed by atoms with van der Waals surface area (Å²) in [5, 5.41) is 3.11. The van der Waals surface area contributed by atoms with E-state index in [1.54, 1.807) is 12.1 Å². The second kappa shape index (κ2) is 4.72. The topological polar surface area (TPSA) is 92.5 Å². The minimum Gasteiger partial charge on any atom is -0.398 e. The number of hydrogen-bond acceptors (Lipinski definition) is 5. The van der Waals surface area contributed by atoms with Gasteiger partial charge in [0.25, 0.3) is 11.8 Å². The summed E-state index contributed by atoms with van der Waals surface area (Å²) >= 11 is 0. The number of imide groups is 3. The maximum absolute atomic E-state index is 12.4. The van der Waals surface area contributed by atoms with Crippen LogP contribution in [0.2, 0.25) is 0 Å². The molecule has 104 valence electrons. The number of fused-ring (bicyclic) bond motifs is 1. The fraction of sp³-hybridized carbons (Fsp3) is 0.357. The van der Waals surface area contributed by atoms with Crippen LogP contribution >= 0.6 is 0 Å². The van der Waals surface area contributed by atoms with Crippen LogP contribution in [0.3, 0.4) is 0 Å². The molecule has 2 aliphatic heterocycles. The fourth-order valence-electron chi connectivity index (χ4n) is 2.76. The van der Waals surface area contributed by atoms with Crippen LogP contribution in [-0.2, 0) is 4.79 Å². The van der Waals surface area contributed by atoms with Crippen LogP contribution in [-0.4, -0.2) is 35.7 Å². The molecule has 1 unspecified atom stereocenters. The van der Waals surface area contributed by atoms with Crippen molar-refractivity contribution >= 4 is 23.4 Å². The molecule has 6 heteroatoms. The van der Waals surface area contributed by atoms with Crippen LogP contribution in [0, 0.1) is 5.92 Å². The summed E-state index contributed by atoms with van der Waals surface area (Å²) < 4.78 is 0. The first kappa shape index (κ1) is 12.8. The molecule has 0 spiro atoms. The number of rotatable bonds is 1. The highest BCUT2D eigenvalue weighted by Crippen LogP contribution is 2.29. The number of anilines is 1. The summed E-state index contributed by atoms with van der Waals surface area (Å²) in [6.07, 6.45) is 1.55. The average Bonchev–Trinajstić information content (AvgIpc) is 2.72. The molecule has 1 atom stereocenters. The normalized spacial score (nSPS) is 22.0. The summed E-state index contributed by atoms with van der Waals surface area (Å²) in [6, 6.07) is 4.69. The number of nitrogens with two attached hydrogens (primary N) is 1. The number of carbonyl (C=O) groups is 3. The third-order valence-electron chi connectivity index (χ3n) is 3.81. The Labute approximate surface area is 115 Å². The van der Waals surface area contributed by atoms with Gasteiger partial charge in [0.1, 0.15) is 0 Å². The molecule has 1 aromatic rings. The predicted octanol–water partition coefficient (Wildman–Crippen LogP) is 0.391. The van der Waals surface area contributed by atoms with Gasteiger partial charge in [0.2, 0.25) is 5.91 Å². The maximum atomic E-state index is 12.4. The molecule has 3 rings (SSSR count). The van der Waals surface area contributed by atoms with Gasteiger partial charge in [0, 0.05) is 12.2 Å². The van der Waals surface area contributed by atoms with E-state index in [4.69, 9.17) is 5.73 Å². The molecule has 2 heterocycles. The van der Waals surface area contributed by atoms with Gasteiger partial charge in [-0.3, -0.25) is 14.4 Å². The zero-order valence-electron chi connectivity index (χ0n) is 10.9. The van der Waals surface area contributed by atoms with Crippen molar-refractivity contribution in [1.29, 1.82) is 0 Å². The molecule has 2 aliphatic rings. The standard InChI is InChI=1S/C14H15N3O3/c15-10-5-1-4-9-11(10)14(20)17(13(9)19)12(18)8-3-2-6-16-7-8/h1,4-5,8,16H,2-3,6-7,15H2. The minimum atomic E-state index is -0.598. The van der Waals surface area contributed by atoms with Crippen LogP contribution in [0.25, 0.3) is 0 Å². The Morgan fingerprint density at radius 1 is 1.30 bits per heavy atom. The third kappa shape index (κ3) is 1.80. The Hall–Kier alpha value is -2.21. The van der Waals surface area contributed by atoms with Gasteiger partial charge >= 0.3 is 0 Å². The number of amides is 3. The highest BCUT2D eigenvalue weighted by Gasteiger charge is 2.43. The minimum absolute atomic E-state index is 0.148. The van der Waals surface area contributed by atoms with Crippen molar-refractivity contribution in [3.63, 3.8) is 0 Å². The lowest BCUT2D eigenvalue weighted by Crippen LogP contribution is -2.45. The third-order valence-corrected chi connectivity index (χ3v) is 3.81. The molecule has 0 radical (unpaired) electrons. The van der Waals surface area contributed by atoms with E-state index in [-0.39, 0.29) is 22.7 Å². The van der Waals surface area contributed by atoms with E-state index in [1.165, 1.54) is 6.07 Å². The molecule has 1 fully saturated rings. The highest BCUT2D eigenvalue weighted by molar-refractivity contribution is 6.30. The number of carbonyl (C=O) groups excluding carboxylic acids is 3. The smallest absolute Gasteiger partial charge is 0.270 e. The molecule has 20 heavy (non-hydrogen) atoms. The summed E-state index contributed by atoms with van der Waals surface area (Å²) in [4.78, 5) is 37.7. The van der Waals surface area contributed by atoms with Gasteiger partial charge in [-0.25, -0.2) is 4.90 Å². The second-order valence-corrected chi connectivity index (χ2v) is 5.10. The summed E-state index contributed by atoms with van der Waals surface area (Å²) in [7, 11) is 0. The van der Waals surface area contributed by atoms with Gasteiger partial charge in [-0.1, -0.05) is 6.07 Å². The summed E-state index contributed by atoms with van der Waals surface area (Å²) in [5.41, 5.74) is 6.34. The molecule has 6 nitrogen and oxygen atoms in total. The van der Waals surface area contributed by atoms with Crippen molar-refractivity contribution in [3.8, 4) is 0 Å². The van der Waals surface area contributed by atoms with Crippen LogP contribution in [0.5, 0.6) is 0 Å². The van der Waals surface area contributed by atoms with Crippen molar-refractivity contribution in [3.05, 3.63) is 29.3 Å². The van der Waals surface area contributed by atoms with E-state index >= 15 is 0 Å². The number of benzene rings is 1. The van der Waals surface area contributed by atoms with Crippen molar-refractivity contribution < 1.29 is 14.4 Å². The van der Waals surface area contributed by atoms with Crippen LogP contribution in [0.4, 0.5) is 5.69 Å². The van der Waals surface area contributed by atoms with E-state index in [0.29, 0.717) is 13.0 Å². The van der Waals surface area contributed by atoms with Gasteiger partial charge in [-0.15, -0.1) is 0 Å². The van der Waals surface area contributed by atoms with Crippen molar-refractivity contribution in [2.24, 2.45) is 5.92 Å². The number of nitrogen functional groups attached to an aromatic ring is 1. The molecule has 3 N–H and O–H groups in total. The largest absolute Gasteiger partial charge is 0.398 e. The Bertz CT molecular complexity index is 606. The van der Waals surface area contributed by atoms with Crippen molar-refractivity contribution in [1.82, 2.24) is 10.2 Å². The fourth-order valence-corrected chi connectivity index (χ4v) is 2.76. The first-order valence-electron chi connectivity index (χ1n) is 6.63.